The number of hydrogen-bond donors (Lipinski definition) is 6. The van der Waals surface area contributed by atoms with Crippen LogP contribution in [0.15, 0.2) is 83.2 Å². The van der Waals surface area contributed by atoms with Crippen molar-refractivity contribution >= 4 is 52.2 Å². The number of aromatic amines is 1. The third kappa shape index (κ3) is 11.9. The second kappa shape index (κ2) is 21.4. The van der Waals surface area contributed by atoms with Crippen LogP contribution in [0.2, 0.25) is 0 Å². The standard InChI is InChI=1S/C51H57F4N9O7S/c1-27-23-63(24-28(2)62(27)7)43-35(16-32(34-10-8-9-11-38(34)52)17-39(43)60-47(69)36-21-56-41(66)19-37(36)51(53,54)55)46(68)58-22-42(67)61-45(50(4,5)6)49(71)64-25-33(65)18-40(64)48(70)57-20-30-12-14-31(15-13-30)44-29(3)59-26-72-44/h8-17,19,21,26-28,33,40,45,65H,18,20,22-25H2,1-7H3,(H,56,66)(H,57,70)(H,58,68)(H,60,69)(H,61,67)/t27-,28+,33-,40+,45?/m1/s1. The molecule has 0 aliphatic carbocycles. The SMILES string of the molecule is Cc1ncsc1-c1ccc(CNC(=O)[C@@H]2C[C@@H](O)CN2C(=O)C(NC(=O)CNC(=O)c2cc(-c3ccccc3F)cc(NC(=O)c3c[nH]c(=O)cc3C(F)(F)F)c2N2C[C@@H](C)N(C)[C@@H](C)C2)C(C)(C)C)cc1. The lowest BCUT2D eigenvalue weighted by Gasteiger charge is -2.44. The summed E-state index contributed by atoms with van der Waals surface area (Å²) in [6.45, 7) is 10.6. The molecular weight excluding hydrogens is 959 g/mol. The molecule has 2 saturated heterocycles. The van der Waals surface area contributed by atoms with Gasteiger partial charge in [0.2, 0.25) is 23.3 Å². The monoisotopic (exact) mass is 1020 g/mol. The largest absolute Gasteiger partial charge is 0.417 e. The number of likely N-dealkylation sites (N-methyl/N-ethyl adjacent to an activating group) is 1. The number of β-amino-alcohol motifs (C(OH)–C–C–N with tert-alkyl or cyclic N) is 1. The van der Waals surface area contributed by atoms with Gasteiger partial charge in [-0.1, -0.05) is 63.2 Å². The predicted molar refractivity (Wildman–Crippen MR) is 265 cm³/mol. The van der Waals surface area contributed by atoms with Crippen LogP contribution in [0.5, 0.6) is 0 Å². The van der Waals surface area contributed by atoms with Crippen LogP contribution in [0.1, 0.15) is 78.6 Å². The number of amides is 5. The maximum atomic E-state index is 15.5. The minimum Gasteiger partial charge on any atom is -0.391 e. The first kappa shape index (κ1) is 52.8. The highest BCUT2D eigenvalue weighted by atomic mass is 32.1. The van der Waals surface area contributed by atoms with Gasteiger partial charge in [-0.15, -0.1) is 11.3 Å². The number of anilines is 2. The Morgan fingerprint density at radius 1 is 0.903 bits per heavy atom. The number of rotatable bonds is 13. The van der Waals surface area contributed by atoms with Gasteiger partial charge >= 0.3 is 6.18 Å². The molecule has 16 nitrogen and oxygen atoms in total. The number of likely N-dealkylation sites (tertiary alicyclic amines) is 1. The van der Waals surface area contributed by atoms with Crippen molar-refractivity contribution in [1.29, 1.82) is 0 Å². The number of hydrogen-bond acceptors (Lipinski definition) is 11. The molecule has 5 amide bonds. The fourth-order valence-electron chi connectivity index (χ4n) is 9.01. The molecule has 7 rings (SSSR count). The van der Waals surface area contributed by atoms with Gasteiger partial charge in [-0.2, -0.15) is 13.2 Å². The Bertz CT molecular complexity index is 2910. The van der Waals surface area contributed by atoms with Gasteiger partial charge < -0.3 is 41.2 Å². The number of aryl methyl sites for hydroxylation is 1. The molecule has 2 aromatic heterocycles. The summed E-state index contributed by atoms with van der Waals surface area (Å²) in [5.41, 5.74) is -0.250. The van der Waals surface area contributed by atoms with Crippen LogP contribution in [-0.4, -0.2) is 118 Å². The number of aromatic nitrogens is 2. The lowest BCUT2D eigenvalue weighted by molar-refractivity contribution is -0.143. The predicted octanol–water partition coefficient (Wildman–Crippen LogP) is 5.95. The van der Waals surface area contributed by atoms with E-state index >= 15 is 4.39 Å². The Labute approximate surface area is 417 Å². The summed E-state index contributed by atoms with van der Waals surface area (Å²) in [7, 11) is 1.90. The van der Waals surface area contributed by atoms with Crippen LogP contribution in [0.3, 0.4) is 0 Å². The van der Waals surface area contributed by atoms with Gasteiger partial charge in [0.1, 0.15) is 17.9 Å². The molecule has 21 heteroatoms. The molecule has 72 heavy (non-hydrogen) atoms. The zero-order chi connectivity index (χ0) is 52.4. The van der Waals surface area contributed by atoms with Crippen LogP contribution < -0.4 is 31.7 Å². The number of carbonyl (C=O) groups excluding carboxylic acids is 5. The first-order valence-electron chi connectivity index (χ1n) is 23.3. The molecule has 0 spiro atoms. The van der Waals surface area contributed by atoms with E-state index in [2.05, 4.69) is 36.1 Å². The summed E-state index contributed by atoms with van der Waals surface area (Å²) in [6.07, 6.45) is -5.54. The molecule has 2 aliphatic heterocycles. The number of halogens is 4. The van der Waals surface area contributed by atoms with Gasteiger partial charge in [0.05, 0.1) is 56.8 Å². The fraction of sp³-hybridized carbons (Fsp3) is 0.392. The zero-order valence-electron chi connectivity index (χ0n) is 40.7. The molecule has 6 N–H and O–H groups in total. The molecule has 1 unspecified atom stereocenters. The Balaban J connectivity index is 1.14. The normalized spacial score (nSPS) is 18.9. The zero-order valence-corrected chi connectivity index (χ0v) is 41.6. The highest BCUT2D eigenvalue weighted by molar-refractivity contribution is 7.13. The number of alkyl halides is 3. The summed E-state index contributed by atoms with van der Waals surface area (Å²) < 4.78 is 58.2. The third-order valence-electron chi connectivity index (χ3n) is 13.1. The van der Waals surface area contributed by atoms with E-state index in [0.29, 0.717) is 6.20 Å². The van der Waals surface area contributed by atoms with Crippen molar-refractivity contribution in [3.8, 4) is 21.6 Å². The van der Waals surface area contributed by atoms with E-state index in [9.17, 15) is 47.0 Å². The van der Waals surface area contributed by atoms with Gasteiger partial charge in [-0.3, -0.25) is 33.7 Å². The van der Waals surface area contributed by atoms with Gasteiger partial charge in [-0.05, 0) is 68.1 Å². The number of pyridine rings is 1. The number of nitrogens with zero attached hydrogens (tertiary/aromatic N) is 4. The molecule has 5 aromatic rings. The van der Waals surface area contributed by atoms with Crippen LogP contribution in [0, 0.1) is 18.2 Å². The van der Waals surface area contributed by atoms with Crippen LogP contribution >= 0.6 is 11.3 Å². The number of piperazine rings is 1. The Morgan fingerprint density at radius 2 is 1.58 bits per heavy atom. The summed E-state index contributed by atoms with van der Waals surface area (Å²) in [5.74, 6) is -4.85. The molecule has 2 aliphatic rings. The second-order valence-electron chi connectivity index (χ2n) is 19.4. The third-order valence-corrected chi connectivity index (χ3v) is 14.0. The number of aliphatic hydroxyl groups excluding tert-OH is 1. The quantitative estimate of drug-likeness (QED) is 0.0764. The van der Waals surface area contributed by atoms with Crippen LogP contribution in [-0.2, 0) is 27.1 Å². The maximum absolute atomic E-state index is 15.5. The number of thiazole rings is 1. The van der Waals surface area contributed by atoms with E-state index in [1.54, 1.807) is 31.2 Å². The van der Waals surface area contributed by atoms with E-state index in [-0.39, 0.29) is 78.8 Å². The molecule has 4 heterocycles. The highest BCUT2D eigenvalue weighted by Crippen LogP contribution is 2.40. The van der Waals surface area contributed by atoms with E-state index in [0.717, 1.165) is 21.7 Å². The number of H-pyrrole nitrogens is 1. The van der Waals surface area contributed by atoms with Gasteiger partial charge in [-0.25, -0.2) is 9.37 Å². The van der Waals surface area contributed by atoms with Crippen LogP contribution in [0.25, 0.3) is 21.6 Å². The second-order valence-corrected chi connectivity index (χ2v) is 20.2. The minimum absolute atomic E-state index is 0.0199. The number of benzene rings is 3. The number of nitrogens with one attached hydrogen (secondary N) is 5. The maximum Gasteiger partial charge on any atom is 0.417 e. The molecule has 3 aromatic carbocycles. The van der Waals surface area contributed by atoms with Gasteiger partial charge in [0, 0.05) is 62.5 Å². The fourth-order valence-corrected chi connectivity index (χ4v) is 9.82. The smallest absolute Gasteiger partial charge is 0.391 e. The average molecular weight is 1020 g/mol. The average Bonchev–Trinajstić information content (AvgIpc) is 3.94. The van der Waals surface area contributed by atoms with Gasteiger partial charge in [0.25, 0.3) is 11.8 Å². The molecular formula is C51H57F4N9O7S. The Morgan fingerprint density at radius 3 is 2.21 bits per heavy atom. The summed E-state index contributed by atoms with van der Waals surface area (Å²) in [5, 5.41) is 21.4. The molecule has 2 fully saturated rings. The summed E-state index contributed by atoms with van der Waals surface area (Å²) >= 11 is 1.52. The number of carbonyl (C=O) groups is 5. The van der Waals surface area contributed by atoms with Crippen molar-refractivity contribution in [2.24, 2.45) is 5.41 Å². The van der Waals surface area contributed by atoms with Crippen molar-refractivity contribution in [2.45, 2.75) is 91.0 Å². The molecule has 5 atom stereocenters. The highest BCUT2D eigenvalue weighted by Gasteiger charge is 2.45. The first-order chi connectivity index (χ1) is 33.9. The van der Waals surface area contributed by atoms with E-state index in [1.807, 2.05) is 52.1 Å². The van der Waals surface area contributed by atoms with Crippen molar-refractivity contribution in [2.75, 3.05) is 43.4 Å². The summed E-state index contributed by atoms with van der Waals surface area (Å²) in [4.78, 5) is 95.0. The van der Waals surface area contributed by atoms with Crippen molar-refractivity contribution in [3.63, 3.8) is 0 Å². The van der Waals surface area contributed by atoms with Gasteiger partial charge in [0.15, 0.2) is 0 Å². The van der Waals surface area contributed by atoms with E-state index in [4.69, 9.17) is 0 Å². The molecule has 0 radical (unpaired) electrons. The molecule has 382 valence electrons. The van der Waals surface area contributed by atoms with E-state index in [1.165, 1.54) is 52.6 Å². The minimum atomic E-state index is -5.11. The topological polar surface area (TPSA) is 209 Å². The van der Waals surface area contributed by atoms with Crippen LogP contribution in [0.4, 0.5) is 28.9 Å². The van der Waals surface area contributed by atoms with Crippen molar-refractivity contribution in [1.82, 2.24) is 35.7 Å². The lowest BCUT2D eigenvalue weighted by Crippen LogP contribution is -2.58. The Hall–Kier alpha value is -6.97. The molecule has 0 bridgehead atoms. The first-order valence-corrected chi connectivity index (χ1v) is 24.1. The number of aliphatic hydroxyl groups is 1. The van der Waals surface area contributed by atoms with Crippen molar-refractivity contribution < 1.29 is 46.6 Å². The lowest BCUT2D eigenvalue weighted by atomic mass is 9.85. The van der Waals surface area contributed by atoms with E-state index < -0.39 is 88.4 Å². The summed E-state index contributed by atoms with van der Waals surface area (Å²) in [6, 6.07) is 13.5. The Kier molecular flexibility index (Phi) is 15.7. The molecule has 0 saturated carbocycles. The van der Waals surface area contributed by atoms with Crippen molar-refractivity contribution in [3.05, 3.63) is 123 Å².